The van der Waals surface area contributed by atoms with E-state index in [1.807, 2.05) is 18.2 Å². The van der Waals surface area contributed by atoms with Crippen molar-refractivity contribution in [1.82, 2.24) is 0 Å². The molecule has 76 valence electrons. The summed E-state index contributed by atoms with van der Waals surface area (Å²) in [7, 11) is 0. The van der Waals surface area contributed by atoms with Crippen molar-refractivity contribution in [1.29, 1.82) is 0 Å². The maximum absolute atomic E-state index is 6.03. The van der Waals surface area contributed by atoms with Crippen LogP contribution in [0.4, 0.5) is 0 Å². The van der Waals surface area contributed by atoms with E-state index >= 15 is 0 Å². The molecule has 1 aromatic rings. The second kappa shape index (κ2) is 3.22. The van der Waals surface area contributed by atoms with Crippen LogP contribution in [0.2, 0.25) is 5.02 Å². The molecule has 0 spiro atoms. The van der Waals surface area contributed by atoms with Gasteiger partial charge in [-0.25, -0.2) is 0 Å². The van der Waals surface area contributed by atoms with E-state index in [0.29, 0.717) is 5.92 Å². The molecule has 2 atom stereocenters. The molecule has 0 bridgehead atoms. The molecule has 2 rings (SSSR count). The summed E-state index contributed by atoms with van der Waals surface area (Å²) in [5, 5.41) is 0.776. The van der Waals surface area contributed by atoms with Crippen LogP contribution in [-0.4, -0.2) is 6.04 Å². The van der Waals surface area contributed by atoms with Crippen molar-refractivity contribution in [2.24, 2.45) is 11.1 Å². The minimum absolute atomic E-state index is 0.202. The average molecular weight is 275 g/mol. The minimum Gasteiger partial charge on any atom is -0.327 e. The van der Waals surface area contributed by atoms with E-state index in [9.17, 15) is 0 Å². The van der Waals surface area contributed by atoms with Crippen molar-refractivity contribution in [2.75, 3.05) is 0 Å². The standard InChI is InChI=1S/C11H13BrClN/c1-11(2)9(10(11)14)7-5-6(13)3-4-8(7)12/h3-5,9-10H,14H2,1-2H3. The predicted molar refractivity (Wildman–Crippen MR) is 63.6 cm³/mol. The van der Waals surface area contributed by atoms with Crippen LogP contribution >= 0.6 is 27.5 Å². The second-order valence-electron chi connectivity index (χ2n) is 4.49. The highest BCUT2D eigenvalue weighted by atomic mass is 79.9. The van der Waals surface area contributed by atoms with Crippen LogP contribution < -0.4 is 5.73 Å². The molecule has 14 heavy (non-hydrogen) atoms. The van der Waals surface area contributed by atoms with E-state index in [4.69, 9.17) is 17.3 Å². The molecule has 0 radical (unpaired) electrons. The highest BCUT2D eigenvalue weighted by Crippen LogP contribution is 2.58. The third kappa shape index (κ3) is 1.50. The van der Waals surface area contributed by atoms with Gasteiger partial charge >= 0.3 is 0 Å². The largest absolute Gasteiger partial charge is 0.327 e. The summed E-state index contributed by atoms with van der Waals surface area (Å²) in [4.78, 5) is 0. The Morgan fingerprint density at radius 3 is 2.50 bits per heavy atom. The van der Waals surface area contributed by atoms with Crippen LogP contribution in [0.3, 0.4) is 0 Å². The zero-order valence-corrected chi connectivity index (χ0v) is 10.6. The summed E-state index contributed by atoms with van der Waals surface area (Å²) in [6, 6.07) is 6.12. The zero-order chi connectivity index (χ0) is 10.5. The molecule has 2 N–H and O–H groups in total. The summed E-state index contributed by atoms with van der Waals surface area (Å²) in [5.41, 5.74) is 7.46. The van der Waals surface area contributed by atoms with E-state index in [1.54, 1.807) is 0 Å². The Labute approximate surface area is 97.8 Å². The van der Waals surface area contributed by atoms with Gasteiger partial charge < -0.3 is 5.73 Å². The van der Waals surface area contributed by atoms with Crippen LogP contribution in [-0.2, 0) is 0 Å². The molecule has 3 heteroatoms. The van der Waals surface area contributed by atoms with Gasteiger partial charge in [0.05, 0.1) is 0 Å². The quantitative estimate of drug-likeness (QED) is 0.833. The fourth-order valence-corrected chi connectivity index (χ4v) is 2.70. The lowest BCUT2D eigenvalue weighted by Gasteiger charge is -2.06. The molecule has 0 aliphatic heterocycles. The molecule has 1 saturated carbocycles. The molecule has 0 aromatic heterocycles. The van der Waals surface area contributed by atoms with Crippen molar-refractivity contribution < 1.29 is 0 Å². The fraction of sp³-hybridized carbons (Fsp3) is 0.455. The predicted octanol–water partition coefficient (Wildman–Crippen LogP) is 3.55. The van der Waals surface area contributed by atoms with Gasteiger partial charge in [-0.3, -0.25) is 0 Å². The van der Waals surface area contributed by atoms with E-state index in [1.165, 1.54) is 5.56 Å². The molecule has 1 nitrogen and oxygen atoms in total. The van der Waals surface area contributed by atoms with E-state index in [-0.39, 0.29) is 11.5 Å². The van der Waals surface area contributed by atoms with Gasteiger partial charge in [0, 0.05) is 21.5 Å². The third-order valence-corrected chi connectivity index (χ3v) is 4.16. The monoisotopic (exact) mass is 273 g/mol. The molecule has 2 unspecified atom stereocenters. The molecule has 0 heterocycles. The lowest BCUT2D eigenvalue weighted by Crippen LogP contribution is -2.06. The zero-order valence-electron chi connectivity index (χ0n) is 8.22. The van der Waals surface area contributed by atoms with Crippen LogP contribution in [0.5, 0.6) is 0 Å². The van der Waals surface area contributed by atoms with Gasteiger partial charge in [0.1, 0.15) is 0 Å². The first kappa shape index (κ1) is 10.5. The molecule has 0 saturated heterocycles. The summed E-state index contributed by atoms with van der Waals surface area (Å²) in [6.45, 7) is 4.38. The van der Waals surface area contributed by atoms with Crippen molar-refractivity contribution in [2.45, 2.75) is 25.8 Å². The van der Waals surface area contributed by atoms with Gasteiger partial charge in [0.15, 0.2) is 0 Å². The van der Waals surface area contributed by atoms with Crippen LogP contribution in [0.25, 0.3) is 0 Å². The molecular weight excluding hydrogens is 261 g/mol. The number of nitrogens with two attached hydrogens (primary N) is 1. The summed E-state index contributed by atoms with van der Waals surface area (Å²) < 4.78 is 1.10. The maximum Gasteiger partial charge on any atom is 0.0409 e. The highest BCUT2D eigenvalue weighted by molar-refractivity contribution is 9.10. The smallest absolute Gasteiger partial charge is 0.0409 e. The first-order valence-electron chi connectivity index (χ1n) is 4.65. The molecule has 0 amide bonds. The van der Waals surface area contributed by atoms with E-state index < -0.39 is 0 Å². The van der Waals surface area contributed by atoms with Gasteiger partial charge in [0.25, 0.3) is 0 Å². The first-order valence-corrected chi connectivity index (χ1v) is 5.82. The fourth-order valence-electron chi connectivity index (χ4n) is 2.02. The van der Waals surface area contributed by atoms with Gasteiger partial charge in [-0.05, 0) is 29.2 Å². The molecule has 1 aromatic carbocycles. The Morgan fingerprint density at radius 1 is 1.43 bits per heavy atom. The second-order valence-corrected chi connectivity index (χ2v) is 5.78. The summed E-state index contributed by atoms with van der Waals surface area (Å²) in [5.74, 6) is 0.426. The average Bonchev–Trinajstić information content (AvgIpc) is 2.58. The minimum atomic E-state index is 0.202. The van der Waals surface area contributed by atoms with Gasteiger partial charge in [0.2, 0.25) is 0 Å². The van der Waals surface area contributed by atoms with Gasteiger partial charge in [-0.15, -0.1) is 0 Å². The Morgan fingerprint density at radius 2 is 2.00 bits per heavy atom. The van der Waals surface area contributed by atoms with Crippen molar-refractivity contribution in [3.63, 3.8) is 0 Å². The number of rotatable bonds is 1. The number of halogens is 2. The first-order chi connectivity index (χ1) is 6.44. The van der Waals surface area contributed by atoms with Gasteiger partial charge in [-0.2, -0.15) is 0 Å². The van der Waals surface area contributed by atoms with Crippen molar-refractivity contribution in [3.8, 4) is 0 Å². The lowest BCUT2D eigenvalue weighted by molar-refractivity contribution is 0.598. The SMILES string of the molecule is CC1(C)C(N)C1c1cc(Cl)ccc1Br. The lowest BCUT2D eigenvalue weighted by atomic mass is 10.0. The van der Waals surface area contributed by atoms with E-state index in [0.717, 1.165) is 9.50 Å². The topological polar surface area (TPSA) is 26.0 Å². The van der Waals surface area contributed by atoms with Crippen LogP contribution in [0.15, 0.2) is 22.7 Å². The number of hydrogen-bond donors (Lipinski definition) is 1. The maximum atomic E-state index is 6.03. The van der Waals surface area contributed by atoms with E-state index in [2.05, 4.69) is 29.8 Å². The molecule has 1 aliphatic carbocycles. The molecule has 1 fully saturated rings. The van der Waals surface area contributed by atoms with Crippen LogP contribution in [0, 0.1) is 5.41 Å². The number of hydrogen-bond acceptors (Lipinski definition) is 1. The van der Waals surface area contributed by atoms with Gasteiger partial charge in [-0.1, -0.05) is 41.4 Å². The summed E-state index contributed by atoms with van der Waals surface area (Å²) in [6.07, 6.45) is 0. The Hall–Kier alpha value is -0.0500. The van der Waals surface area contributed by atoms with Crippen LogP contribution in [0.1, 0.15) is 25.3 Å². The van der Waals surface area contributed by atoms with Crippen molar-refractivity contribution in [3.05, 3.63) is 33.3 Å². The third-order valence-electron chi connectivity index (χ3n) is 3.20. The molecule has 1 aliphatic rings. The number of benzene rings is 1. The Bertz CT molecular complexity index is 376. The summed E-state index contributed by atoms with van der Waals surface area (Å²) >= 11 is 9.50. The molecular formula is C11H13BrClN. The Balaban J connectivity index is 2.39. The normalized spacial score (nSPS) is 28.9. The van der Waals surface area contributed by atoms with Crippen molar-refractivity contribution >= 4 is 27.5 Å². The highest BCUT2D eigenvalue weighted by Gasteiger charge is 2.56. The Kier molecular flexibility index (Phi) is 2.41.